The first-order valence-corrected chi connectivity index (χ1v) is 6.67. The summed E-state index contributed by atoms with van der Waals surface area (Å²) in [6.07, 6.45) is 1.14. The molecule has 0 aliphatic heterocycles. The lowest BCUT2D eigenvalue weighted by Gasteiger charge is -2.07. The summed E-state index contributed by atoms with van der Waals surface area (Å²) < 4.78 is 10.7. The Balaban J connectivity index is 2.26. The van der Waals surface area contributed by atoms with E-state index in [0.717, 1.165) is 37.5 Å². The molecule has 4 nitrogen and oxygen atoms in total. The lowest BCUT2D eigenvalue weighted by Crippen LogP contribution is -2.15. The first-order valence-electron chi connectivity index (χ1n) is 6.67. The number of hydrogen-bond acceptors (Lipinski definition) is 4. The molecule has 1 aromatic heterocycles. The molecule has 1 rings (SSSR count). The highest BCUT2D eigenvalue weighted by molar-refractivity contribution is 5.10. The maximum absolute atomic E-state index is 5.49. The molecule has 0 aliphatic rings. The Morgan fingerprint density at radius 3 is 2.67 bits per heavy atom. The Morgan fingerprint density at radius 2 is 1.89 bits per heavy atom. The summed E-state index contributed by atoms with van der Waals surface area (Å²) in [4.78, 5) is 4.53. The fourth-order valence-electron chi connectivity index (χ4n) is 1.54. The fourth-order valence-corrected chi connectivity index (χ4v) is 1.54. The van der Waals surface area contributed by atoms with Gasteiger partial charge in [-0.3, -0.25) is 4.98 Å². The van der Waals surface area contributed by atoms with Crippen LogP contribution in [0.1, 0.15) is 31.7 Å². The SMILES string of the molecule is CCCNCc1cccc(COCCOCC)n1. The van der Waals surface area contributed by atoms with Gasteiger partial charge < -0.3 is 14.8 Å². The summed E-state index contributed by atoms with van der Waals surface area (Å²) in [6.45, 7) is 8.53. The Kier molecular flexibility index (Phi) is 8.38. The van der Waals surface area contributed by atoms with Crippen molar-refractivity contribution in [2.75, 3.05) is 26.4 Å². The summed E-state index contributed by atoms with van der Waals surface area (Å²) in [6, 6.07) is 6.05. The van der Waals surface area contributed by atoms with Gasteiger partial charge in [0.25, 0.3) is 0 Å². The zero-order chi connectivity index (χ0) is 13.1. The van der Waals surface area contributed by atoms with E-state index in [1.165, 1.54) is 0 Å². The number of pyridine rings is 1. The molecule has 4 heteroatoms. The van der Waals surface area contributed by atoms with Crippen molar-refractivity contribution >= 4 is 0 Å². The second-order valence-corrected chi connectivity index (χ2v) is 4.05. The van der Waals surface area contributed by atoms with Gasteiger partial charge in [0.15, 0.2) is 0 Å². The van der Waals surface area contributed by atoms with Gasteiger partial charge in [-0.2, -0.15) is 0 Å². The van der Waals surface area contributed by atoms with Crippen LogP contribution in [-0.4, -0.2) is 31.3 Å². The molecule has 0 amide bonds. The van der Waals surface area contributed by atoms with Crippen molar-refractivity contribution in [1.29, 1.82) is 0 Å². The minimum Gasteiger partial charge on any atom is -0.379 e. The van der Waals surface area contributed by atoms with Crippen LogP contribution in [0, 0.1) is 0 Å². The highest BCUT2D eigenvalue weighted by Gasteiger charge is 1.98. The van der Waals surface area contributed by atoms with Gasteiger partial charge in [0, 0.05) is 13.2 Å². The molecule has 0 spiro atoms. The summed E-state index contributed by atoms with van der Waals surface area (Å²) in [5.41, 5.74) is 2.04. The Labute approximate surface area is 110 Å². The maximum Gasteiger partial charge on any atom is 0.0889 e. The van der Waals surface area contributed by atoms with E-state index >= 15 is 0 Å². The van der Waals surface area contributed by atoms with Crippen LogP contribution in [-0.2, 0) is 22.6 Å². The van der Waals surface area contributed by atoms with Crippen LogP contribution in [0.4, 0.5) is 0 Å². The molecule has 0 fully saturated rings. The number of rotatable bonds is 10. The smallest absolute Gasteiger partial charge is 0.0889 e. The van der Waals surface area contributed by atoms with Gasteiger partial charge in [-0.25, -0.2) is 0 Å². The molecule has 0 bridgehead atoms. The zero-order valence-electron chi connectivity index (χ0n) is 11.4. The van der Waals surface area contributed by atoms with Crippen LogP contribution in [0.25, 0.3) is 0 Å². The summed E-state index contributed by atoms with van der Waals surface area (Å²) >= 11 is 0. The van der Waals surface area contributed by atoms with Crippen molar-refractivity contribution in [2.45, 2.75) is 33.4 Å². The predicted molar refractivity (Wildman–Crippen MR) is 72.4 cm³/mol. The molecule has 0 saturated carbocycles. The van der Waals surface area contributed by atoms with E-state index in [0.29, 0.717) is 19.8 Å². The molecule has 1 aromatic rings. The third-order valence-electron chi connectivity index (χ3n) is 2.42. The van der Waals surface area contributed by atoms with Gasteiger partial charge in [0.05, 0.1) is 31.2 Å². The largest absolute Gasteiger partial charge is 0.379 e. The van der Waals surface area contributed by atoms with Gasteiger partial charge in [-0.05, 0) is 32.0 Å². The Bertz CT molecular complexity index is 318. The second-order valence-electron chi connectivity index (χ2n) is 4.05. The van der Waals surface area contributed by atoms with Gasteiger partial charge in [0.2, 0.25) is 0 Å². The number of hydrogen-bond donors (Lipinski definition) is 1. The quantitative estimate of drug-likeness (QED) is 0.648. The highest BCUT2D eigenvalue weighted by atomic mass is 16.5. The van der Waals surface area contributed by atoms with Crippen molar-refractivity contribution in [2.24, 2.45) is 0 Å². The van der Waals surface area contributed by atoms with Crippen LogP contribution in [0.15, 0.2) is 18.2 Å². The number of nitrogens with one attached hydrogen (secondary N) is 1. The van der Waals surface area contributed by atoms with Crippen molar-refractivity contribution in [3.63, 3.8) is 0 Å². The lowest BCUT2D eigenvalue weighted by atomic mass is 10.3. The molecule has 1 N–H and O–H groups in total. The predicted octanol–water partition coefficient (Wildman–Crippen LogP) is 2.13. The van der Waals surface area contributed by atoms with Crippen molar-refractivity contribution in [3.8, 4) is 0 Å². The third-order valence-corrected chi connectivity index (χ3v) is 2.42. The van der Waals surface area contributed by atoms with Crippen molar-refractivity contribution in [3.05, 3.63) is 29.6 Å². The standard InChI is InChI=1S/C14H24N2O2/c1-3-8-15-11-13-6-5-7-14(16-13)12-18-10-9-17-4-2/h5-7,15H,3-4,8-12H2,1-2H3. The first kappa shape index (κ1) is 15.1. The highest BCUT2D eigenvalue weighted by Crippen LogP contribution is 2.01. The minimum atomic E-state index is 0.550. The molecule has 0 atom stereocenters. The maximum atomic E-state index is 5.49. The average Bonchev–Trinajstić information content (AvgIpc) is 2.39. The molecule has 1 heterocycles. The molecule has 102 valence electrons. The summed E-state index contributed by atoms with van der Waals surface area (Å²) in [7, 11) is 0. The average molecular weight is 252 g/mol. The van der Waals surface area contributed by atoms with E-state index in [9.17, 15) is 0 Å². The van der Waals surface area contributed by atoms with E-state index in [2.05, 4.69) is 17.2 Å². The molecule has 18 heavy (non-hydrogen) atoms. The number of nitrogens with zero attached hydrogens (tertiary/aromatic N) is 1. The van der Waals surface area contributed by atoms with E-state index < -0.39 is 0 Å². The summed E-state index contributed by atoms with van der Waals surface area (Å²) in [5.74, 6) is 0. The van der Waals surface area contributed by atoms with Gasteiger partial charge >= 0.3 is 0 Å². The molecule has 0 aliphatic carbocycles. The van der Waals surface area contributed by atoms with Crippen molar-refractivity contribution < 1.29 is 9.47 Å². The van der Waals surface area contributed by atoms with Crippen LogP contribution in [0.2, 0.25) is 0 Å². The molecule has 0 radical (unpaired) electrons. The lowest BCUT2D eigenvalue weighted by molar-refractivity contribution is 0.0441. The van der Waals surface area contributed by atoms with Gasteiger partial charge in [-0.15, -0.1) is 0 Å². The third kappa shape index (κ3) is 6.69. The van der Waals surface area contributed by atoms with E-state index in [1.807, 2.05) is 25.1 Å². The molecule has 0 saturated heterocycles. The van der Waals surface area contributed by atoms with E-state index in [-0.39, 0.29) is 0 Å². The second kappa shape index (κ2) is 10.00. The van der Waals surface area contributed by atoms with Crippen LogP contribution >= 0.6 is 0 Å². The molecular formula is C14H24N2O2. The minimum absolute atomic E-state index is 0.550. The topological polar surface area (TPSA) is 43.4 Å². The van der Waals surface area contributed by atoms with Crippen LogP contribution in [0.3, 0.4) is 0 Å². The molecule has 0 aromatic carbocycles. The van der Waals surface area contributed by atoms with Crippen LogP contribution < -0.4 is 5.32 Å². The van der Waals surface area contributed by atoms with Gasteiger partial charge in [0.1, 0.15) is 0 Å². The van der Waals surface area contributed by atoms with Crippen molar-refractivity contribution in [1.82, 2.24) is 10.3 Å². The molecule has 0 unspecified atom stereocenters. The van der Waals surface area contributed by atoms with Crippen LogP contribution in [0.5, 0.6) is 0 Å². The summed E-state index contributed by atoms with van der Waals surface area (Å²) in [5, 5.41) is 3.34. The molecular weight excluding hydrogens is 228 g/mol. The monoisotopic (exact) mass is 252 g/mol. The zero-order valence-corrected chi connectivity index (χ0v) is 11.4. The first-order chi connectivity index (χ1) is 8.86. The van der Waals surface area contributed by atoms with E-state index in [4.69, 9.17) is 9.47 Å². The van der Waals surface area contributed by atoms with E-state index in [1.54, 1.807) is 0 Å². The Morgan fingerprint density at radius 1 is 1.11 bits per heavy atom. The number of ether oxygens (including phenoxy) is 2. The van der Waals surface area contributed by atoms with Gasteiger partial charge in [-0.1, -0.05) is 13.0 Å². The number of aromatic nitrogens is 1. The fraction of sp³-hybridized carbons (Fsp3) is 0.643. The normalized spacial score (nSPS) is 10.8. The Hall–Kier alpha value is -0.970.